The number of nitro benzene ring substituents is 1. The van der Waals surface area contributed by atoms with Crippen LogP contribution in [0.5, 0.6) is 5.75 Å². The first-order valence-corrected chi connectivity index (χ1v) is 7.15. The molecule has 0 saturated carbocycles. The largest absolute Gasteiger partial charge is 0.514 e. The monoisotopic (exact) mass is 358 g/mol. The first kappa shape index (κ1) is 17.5. The van der Waals surface area contributed by atoms with E-state index < -0.39 is 40.9 Å². The lowest BCUT2D eigenvalue weighted by molar-refractivity contribution is -0.507. The van der Waals surface area contributed by atoms with Crippen molar-refractivity contribution in [3.63, 3.8) is 0 Å². The molecule has 0 unspecified atom stereocenters. The zero-order valence-corrected chi connectivity index (χ0v) is 12.6. The Bertz CT molecular complexity index is 636. The number of non-ortho nitro benzene ring substituents is 1. The molecule has 0 bridgehead atoms. The molecule has 12 nitrogen and oxygen atoms in total. The zero-order valence-electron chi connectivity index (χ0n) is 12.6. The lowest BCUT2D eigenvalue weighted by Crippen LogP contribution is -2.37. The molecule has 0 amide bonds. The Kier molecular flexibility index (Phi) is 5.08. The summed E-state index contributed by atoms with van der Waals surface area (Å²) >= 11 is 0. The van der Waals surface area contributed by atoms with Crippen molar-refractivity contribution in [3.8, 4) is 5.75 Å². The van der Waals surface area contributed by atoms with Crippen molar-refractivity contribution in [2.24, 2.45) is 0 Å². The molecule has 4 atom stereocenters. The second-order valence-electron chi connectivity index (χ2n) is 5.25. The van der Waals surface area contributed by atoms with Crippen LogP contribution in [0.4, 0.5) is 10.5 Å². The Balaban J connectivity index is 1.53. The fourth-order valence-electron chi connectivity index (χ4n) is 2.62. The van der Waals surface area contributed by atoms with Crippen LogP contribution in [-0.4, -0.2) is 64.5 Å². The summed E-state index contributed by atoms with van der Waals surface area (Å²) in [6.07, 6.45) is -3.84. The summed E-state index contributed by atoms with van der Waals surface area (Å²) in [5.41, 5.74) is -0.139. The molecule has 2 N–H and O–H groups in total. The Morgan fingerprint density at radius 3 is 2.36 bits per heavy atom. The van der Waals surface area contributed by atoms with Gasteiger partial charge in [0, 0.05) is 12.1 Å². The van der Waals surface area contributed by atoms with Crippen LogP contribution in [0.1, 0.15) is 0 Å². The lowest BCUT2D eigenvalue weighted by Gasteiger charge is -2.17. The summed E-state index contributed by atoms with van der Waals surface area (Å²) in [5, 5.41) is 27.5. The maximum atomic E-state index is 11.8. The topological polar surface area (TPSA) is 150 Å². The van der Waals surface area contributed by atoms with Crippen LogP contribution in [-0.2, 0) is 19.0 Å². The number of benzene rings is 1. The third-order valence-corrected chi connectivity index (χ3v) is 3.69. The fraction of sp³-hybridized carbons (Fsp3) is 0.462. The highest BCUT2D eigenvalue weighted by molar-refractivity contribution is 5.64. The number of nitrogens with zero attached hydrogens (tertiary/aromatic N) is 2. The molecule has 2 saturated heterocycles. The molecule has 1 aromatic carbocycles. The minimum atomic E-state index is -1.03. The van der Waals surface area contributed by atoms with Crippen LogP contribution < -0.4 is 4.74 Å². The second-order valence-corrected chi connectivity index (χ2v) is 5.25. The van der Waals surface area contributed by atoms with Gasteiger partial charge in [0.05, 0.1) is 23.5 Å². The van der Waals surface area contributed by atoms with Crippen molar-refractivity contribution in [1.82, 2.24) is 5.39 Å². The number of rotatable bonds is 5. The molecule has 12 heteroatoms. The summed E-state index contributed by atoms with van der Waals surface area (Å²) in [4.78, 5) is 26.5. The number of fused-ring (bicyclic) bond motifs is 1. The molecular formula is C13H14N2O10. The fourth-order valence-corrected chi connectivity index (χ4v) is 2.62. The number of carbonyl (C=O) groups is 1. The predicted molar refractivity (Wildman–Crippen MR) is 73.8 cm³/mol. The van der Waals surface area contributed by atoms with E-state index in [-0.39, 0.29) is 24.7 Å². The van der Waals surface area contributed by atoms with Gasteiger partial charge in [-0.05, 0) is 12.1 Å². The van der Waals surface area contributed by atoms with E-state index in [1.54, 1.807) is 0 Å². The minimum Gasteiger partial charge on any atom is -0.425 e. The van der Waals surface area contributed by atoms with E-state index in [0.717, 1.165) is 0 Å². The van der Waals surface area contributed by atoms with Gasteiger partial charge in [0.1, 0.15) is 24.1 Å². The van der Waals surface area contributed by atoms with Crippen LogP contribution >= 0.6 is 0 Å². The lowest BCUT2D eigenvalue weighted by atomic mass is 10.1. The third kappa shape index (κ3) is 4.01. The van der Waals surface area contributed by atoms with Gasteiger partial charge in [-0.3, -0.25) is 20.5 Å². The van der Waals surface area contributed by atoms with Crippen molar-refractivity contribution < 1.29 is 43.9 Å². The molecule has 2 aliphatic rings. The summed E-state index contributed by atoms with van der Waals surface area (Å²) in [7, 11) is 0. The summed E-state index contributed by atoms with van der Waals surface area (Å²) in [6, 6.07) is 4.91. The third-order valence-electron chi connectivity index (χ3n) is 3.69. The van der Waals surface area contributed by atoms with Gasteiger partial charge in [0.25, 0.3) is 5.69 Å². The zero-order chi connectivity index (χ0) is 18.0. The first-order chi connectivity index (χ1) is 11.9. The quantitative estimate of drug-likeness (QED) is 0.330. The summed E-state index contributed by atoms with van der Waals surface area (Å²) in [5.74, 6) is 0.0795. The molecule has 1 aromatic rings. The molecule has 2 heterocycles. The molecule has 0 spiro atoms. The van der Waals surface area contributed by atoms with E-state index in [1.807, 2.05) is 0 Å². The molecule has 0 aliphatic carbocycles. The Morgan fingerprint density at radius 1 is 1.16 bits per heavy atom. The molecule has 2 fully saturated rings. The molecule has 3 rings (SSSR count). The van der Waals surface area contributed by atoms with Gasteiger partial charge in [0.15, 0.2) is 6.10 Å². The van der Waals surface area contributed by atoms with Gasteiger partial charge in [-0.15, -0.1) is 0 Å². The van der Waals surface area contributed by atoms with E-state index in [0.29, 0.717) is 0 Å². The number of ether oxygens (including phenoxy) is 4. The highest BCUT2D eigenvalue weighted by Crippen LogP contribution is 2.31. The van der Waals surface area contributed by atoms with Gasteiger partial charge in [0.2, 0.25) is 0 Å². The first-order valence-electron chi connectivity index (χ1n) is 7.15. The number of hydrogen-bond donors (Lipinski definition) is 2. The summed E-state index contributed by atoms with van der Waals surface area (Å²) in [6.45, 7) is 0.0334. The molecule has 0 radical (unpaired) electrons. The standard InChI is InChI=1S/C13H14N2O10/c16-13(23-8-3-1-7(2-4-8)14(17)18)24-9-5-21-12-10(25-15(19)20)6-22-11(9)12/h1-4,9-12,19-20H,5-6H2/t9-,10-,11-,12-/m1/s1. The molecule has 0 aromatic heterocycles. The maximum absolute atomic E-state index is 11.8. The smallest absolute Gasteiger partial charge is 0.425 e. The van der Waals surface area contributed by atoms with E-state index in [9.17, 15) is 14.9 Å². The number of hydrogen-bond acceptors (Lipinski definition) is 11. The Hall–Kier alpha value is -2.35. The Morgan fingerprint density at radius 2 is 1.76 bits per heavy atom. The van der Waals surface area contributed by atoms with E-state index in [1.165, 1.54) is 24.3 Å². The van der Waals surface area contributed by atoms with E-state index >= 15 is 0 Å². The van der Waals surface area contributed by atoms with Crippen molar-refractivity contribution >= 4 is 11.8 Å². The van der Waals surface area contributed by atoms with Crippen molar-refractivity contribution in [2.75, 3.05) is 13.2 Å². The van der Waals surface area contributed by atoms with Crippen molar-refractivity contribution in [3.05, 3.63) is 34.4 Å². The van der Waals surface area contributed by atoms with Crippen molar-refractivity contribution in [2.45, 2.75) is 24.4 Å². The molecular weight excluding hydrogens is 344 g/mol. The van der Waals surface area contributed by atoms with E-state index in [4.69, 9.17) is 29.4 Å². The second kappa shape index (κ2) is 7.26. The molecule has 2 aliphatic heterocycles. The highest BCUT2D eigenvalue weighted by Gasteiger charge is 2.51. The van der Waals surface area contributed by atoms with Crippen LogP contribution in [0.3, 0.4) is 0 Å². The van der Waals surface area contributed by atoms with Crippen LogP contribution in [0, 0.1) is 10.1 Å². The summed E-state index contributed by atoms with van der Waals surface area (Å²) < 4.78 is 20.8. The number of nitro groups is 1. The maximum Gasteiger partial charge on any atom is 0.514 e. The SMILES string of the molecule is O=C(Oc1ccc([N+](=O)[O-])cc1)O[C@@H]1CO[C@H]2[C@@H]1OC[C@H]2ON(O)O. The minimum absolute atomic E-state index is 0.0153. The van der Waals surface area contributed by atoms with E-state index in [2.05, 4.69) is 4.84 Å². The molecule has 136 valence electrons. The normalized spacial score (nSPS) is 28.0. The van der Waals surface area contributed by atoms with Crippen LogP contribution in [0.25, 0.3) is 0 Å². The number of carbonyl (C=O) groups excluding carboxylic acids is 1. The van der Waals surface area contributed by atoms with Crippen molar-refractivity contribution in [1.29, 1.82) is 0 Å². The van der Waals surface area contributed by atoms with Gasteiger partial charge < -0.3 is 18.9 Å². The predicted octanol–water partition coefficient (Wildman–Crippen LogP) is 0.657. The van der Waals surface area contributed by atoms with Gasteiger partial charge >= 0.3 is 6.16 Å². The average molecular weight is 358 g/mol. The van der Waals surface area contributed by atoms with Crippen LogP contribution in [0.2, 0.25) is 0 Å². The average Bonchev–Trinajstić information content (AvgIpc) is 3.11. The van der Waals surface area contributed by atoms with Crippen LogP contribution in [0.15, 0.2) is 24.3 Å². The highest BCUT2D eigenvalue weighted by atomic mass is 17.1. The van der Waals surface area contributed by atoms with Gasteiger partial charge in [-0.2, -0.15) is 0 Å². The van der Waals surface area contributed by atoms with Gasteiger partial charge in [-0.25, -0.2) is 9.63 Å². The Labute approximate surface area is 140 Å². The molecule has 25 heavy (non-hydrogen) atoms. The van der Waals surface area contributed by atoms with Gasteiger partial charge in [-0.1, -0.05) is 0 Å².